The van der Waals surface area contributed by atoms with Crippen LogP contribution >= 0.6 is 0 Å². The van der Waals surface area contributed by atoms with Crippen LogP contribution in [0.15, 0.2) is 37.1 Å². The summed E-state index contributed by atoms with van der Waals surface area (Å²) in [6.45, 7) is 0. The van der Waals surface area contributed by atoms with Crippen molar-refractivity contribution < 1.29 is 0 Å². The van der Waals surface area contributed by atoms with Crippen molar-refractivity contribution in [1.82, 2.24) is 24.5 Å². The Morgan fingerprint density at radius 1 is 1.12 bits per heavy atom. The number of nitrogens with zero attached hydrogens (tertiary/aromatic N) is 5. The molecule has 3 aromatic heterocycles. The summed E-state index contributed by atoms with van der Waals surface area (Å²) in [5.41, 5.74) is 1.70. The molecule has 17 heavy (non-hydrogen) atoms. The molecule has 0 saturated heterocycles. The van der Waals surface area contributed by atoms with Crippen molar-refractivity contribution in [3.63, 3.8) is 0 Å². The zero-order chi connectivity index (χ0) is 11.7. The van der Waals surface area contributed by atoms with Crippen molar-refractivity contribution >= 4 is 22.8 Å². The van der Waals surface area contributed by atoms with Crippen molar-refractivity contribution in [2.45, 2.75) is 0 Å². The van der Waals surface area contributed by atoms with E-state index in [1.54, 1.807) is 24.8 Å². The Bertz CT molecular complexity index is 645. The van der Waals surface area contributed by atoms with Crippen molar-refractivity contribution in [2.75, 3.05) is 5.32 Å². The lowest BCUT2D eigenvalue weighted by Gasteiger charge is -2.03. The van der Waals surface area contributed by atoms with Gasteiger partial charge in [0, 0.05) is 25.6 Å². The molecule has 0 aliphatic heterocycles. The van der Waals surface area contributed by atoms with Crippen LogP contribution in [0, 0.1) is 0 Å². The molecule has 0 bridgehead atoms. The molecule has 0 aliphatic rings. The zero-order valence-electron chi connectivity index (χ0n) is 9.20. The number of nitrogens with one attached hydrogen (secondary N) is 1. The third kappa shape index (κ3) is 1.80. The summed E-state index contributed by atoms with van der Waals surface area (Å²) >= 11 is 0. The molecule has 1 N–H and O–H groups in total. The fourth-order valence-electron chi connectivity index (χ4n) is 1.59. The largest absolute Gasteiger partial charge is 0.334 e. The number of aromatic nitrogens is 5. The standard InChI is InChI=1S/C11H10N6/c1-17-5-2-8-11(17)14-7-10(15-8)16-9-6-12-3-4-13-9/h2-7H,1H3,(H,13,15,16). The summed E-state index contributed by atoms with van der Waals surface area (Å²) in [7, 11) is 1.94. The summed E-state index contributed by atoms with van der Waals surface area (Å²) in [5, 5.41) is 3.05. The van der Waals surface area contributed by atoms with E-state index in [4.69, 9.17) is 0 Å². The van der Waals surface area contributed by atoms with Gasteiger partial charge in [-0.2, -0.15) is 0 Å². The molecule has 0 amide bonds. The Hall–Kier alpha value is -2.50. The van der Waals surface area contributed by atoms with Crippen LogP contribution in [0.25, 0.3) is 11.2 Å². The first-order valence-corrected chi connectivity index (χ1v) is 5.14. The first-order chi connectivity index (χ1) is 8.33. The number of aryl methyl sites for hydroxylation is 1. The van der Waals surface area contributed by atoms with Crippen LogP contribution in [-0.2, 0) is 7.05 Å². The number of hydrogen-bond donors (Lipinski definition) is 1. The van der Waals surface area contributed by atoms with E-state index >= 15 is 0 Å². The van der Waals surface area contributed by atoms with E-state index in [2.05, 4.69) is 25.3 Å². The molecule has 3 rings (SSSR count). The normalized spacial score (nSPS) is 10.6. The monoisotopic (exact) mass is 226 g/mol. The van der Waals surface area contributed by atoms with Crippen molar-refractivity contribution in [1.29, 1.82) is 0 Å². The lowest BCUT2D eigenvalue weighted by Crippen LogP contribution is -1.98. The van der Waals surface area contributed by atoms with E-state index in [9.17, 15) is 0 Å². The second-order valence-electron chi connectivity index (χ2n) is 3.61. The van der Waals surface area contributed by atoms with Crippen LogP contribution in [0.3, 0.4) is 0 Å². The van der Waals surface area contributed by atoms with Crippen LogP contribution in [0.4, 0.5) is 11.6 Å². The number of anilines is 2. The lowest BCUT2D eigenvalue weighted by molar-refractivity contribution is 0.946. The molecule has 84 valence electrons. The summed E-state index contributed by atoms with van der Waals surface area (Å²) in [6, 6.07) is 1.92. The van der Waals surface area contributed by atoms with Crippen molar-refractivity contribution in [3.05, 3.63) is 37.1 Å². The average Bonchev–Trinajstić information content (AvgIpc) is 2.72. The van der Waals surface area contributed by atoms with Crippen LogP contribution < -0.4 is 5.32 Å². The van der Waals surface area contributed by atoms with Gasteiger partial charge < -0.3 is 9.88 Å². The summed E-state index contributed by atoms with van der Waals surface area (Å²) in [4.78, 5) is 16.8. The Kier molecular flexibility index (Phi) is 2.18. The first kappa shape index (κ1) is 9.71. The van der Waals surface area contributed by atoms with Gasteiger partial charge in [0.1, 0.15) is 11.3 Å². The fraction of sp³-hybridized carbons (Fsp3) is 0.0909. The predicted molar refractivity (Wildman–Crippen MR) is 63.8 cm³/mol. The topological polar surface area (TPSA) is 68.5 Å². The van der Waals surface area contributed by atoms with E-state index in [0.29, 0.717) is 11.6 Å². The maximum atomic E-state index is 4.43. The zero-order valence-corrected chi connectivity index (χ0v) is 9.20. The van der Waals surface area contributed by atoms with Crippen molar-refractivity contribution in [3.8, 4) is 0 Å². The van der Waals surface area contributed by atoms with Gasteiger partial charge in [0.05, 0.1) is 12.4 Å². The van der Waals surface area contributed by atoms with Gasteiger partial charge in [-0.05, 0) is 6.07 Å². The average molecular weight is 226 g/mol. The first-order valence-electron chi connectivity index (χ1n) is 5.14. The minimum Gasteiger partial charge on any atom is -0.334 e. The van der Waals surface area contributed by atoms with E-state index in [1.807, 2.05) is 23.9 Å². The summed E-state index contributed by atoms with van der Waals surface area (Å²) in [5.74, 6) is 1.31. The Morgan fingerprint density at radius 2 is 2.06 bits per heavy atom. The number of hydrogen-bond acceptors (Lipinski definition) is 5. The molecule has 0 saturated carbocycles. The lowest BCUT2D eigenvalue weighted by atomic mass is 10.5. The molecule has 0 fully saturated rings. The third-order valence-corrected chi connectivity index (χ3v) is 2.39. The predicted octanol–water partition coefficient (Wildman–Crippen LogP) is 1.50. The van der Waals surface area contributed by atoms with Crippen LogP contribution in [-0.4, -0.2) is 24.5 Å². The van der Waals surface area contributed by atoms with Gasteiger partial charge in [0.2, 0.25) is 0 Å². The Labute approximate surface area is 97.4 Å². The Morgan fingerprint density at radius 3 is 2.88 bits per heavy atom. The minimum absolute atomic E-state index is 0.650. The van der Waals surface area contributed by atoms with Crippen LogP contribution in [0.5, 0.6) is 0 Å². The summed E-state index contributed by atoms with van der Waals surface area (Å²) in [6.07, 6.45) is 8.48. The molecule has 6 nitrogen and oxygen atoms in total. The molecule has 3 aromatic rings. The van der Waals surface area contributed by atoms with Gasteiger partial charge in [-0.15, -0.1) is 0 Å². The van der Waals surface area contributed by atoms with E-state index in [-0.39, 0.29) is 0 Å². The fourth-order valence-corrected chi connectivity index (χ4v) is 1.59. The SMILES string of the molecule is Cn1ccc2nc(Nc3cnccn3)cnc21. The van der Waals surface area contributed by atoms with Gasteiger partial charge in [-0.1, -0.05) is 0 Å². The van der Waals surface area contributed by atoms with E-state index in [1.165, 1.54) is 0 Å². The quantitative estimate of drug-likeness (QED) is 0.717. The molecule has 0 aliphatic carbocycles. The van der Waals surface area contributed by atoms with Crippen LogP contribution in [0.1, 0.15) is 0 Å². The molecule has 0 unspecified atom stereocenters. The van der Waals surface area contributed by atoms with Crippen LogP contribution in [0.2, 0.25) is 0 Å². The highest BCUT2D eigenvalue weighted by Gasteiger charge is 2.03. The van der Waals surface area contributed by atoms with E-state index in [0.717, 1.165) is 11.2 Å². The van der Waals surface area contributed by atoms with Gasteiger partial charge >= 0.3 is 0 Å². The molecule has 6 heteroatoms. The number of fused-ring (bicyclic) bond motifs is 1. The molecule has 3 heterocycles. The van der Waals surface area contributed by atoms with Gasteiger partial charge in [-0.3, -0.25) is 4.98 Å². The molecule has 0 radical (unpaired) electrons. The van der Waals surface area contributed by atoms with E-state index < -0.39 is 0 Å². The Balaban J connectivity index is 1.96. The smallest absolute Gasteiger partial charge is 0.158 e. The highest BCUT2D eigenvalue weighted by atomic mass is 15.1. The minimum atomic E-state index is 0.650. The molecular weight excluding hydrogens is 216 g/mol. The molecular formula is C11H10N6. The molecule has 0 spiro atoms. The summed E-state index contributed by atoms with van der Waals surface area (Å²) < 4.78 is 1.93. The highest BCUT2D eigenvalue weighted by molar-refractivity contribution is 5.73. The van der Waals surface area contributed by atoms with Gasteiger partial charge in [-0.25, -0.2) is 15.0 Å². The molecule has 0 atom stereocenters. The highest BCUT2D eigenvalue weighted by Crippen LogP contribution is 2.14. The maximum Gasteiger partial charge on any atom is 0.158 e. The van der Waals surface area contributed by atoms with Gasteiger partial charge in [0.15, 0.2) is 11.5 Å². The number of rotatable bonds is 2. The second kappa shape index (κ2) is 3.82. The second-order valence-corrected chi connectivity index (χ2v) is 3.61. The van der Waals surface area contributed by atoms with Gasteiger partial charge in [0.25, 0.3) is 0 Å². The van der Waals surface area contributed by atoms with Crippen molar-refractivity contribution in [2.24, 2.45) is 7.05 Å². The maximum absolute atomic E-state index is 4.43. The molecule has 0 aromatic carbocycles. The third-order valence-electron chi connectivity index (χ3n) is 2.39.